The van der Waals surface area contributed by atoms with Crippen molar-refractivity contribution in [2.24, 2.45) is 0 Å². The number of pyridine rings is 1. The fourth-order valence-electron chi connectivity index (χ4n) is 3.54. The van der Waals surface area contributed by atoms with Crippen molar-refractivity contribution in [2.75, 3.05) is 24.3 Å². The van der Waals surface area contributed by atoms with Gasteiger partial charge in [0.05, 0.1) is 5.52 Å². The Morgan fingerprint density at radius 2 is 1.87 bits per heavy atom. The Kier molecular flexibility index (Phi) is 4.43. The lowest BCUT2D eigenvalue weighted by molar-refractivity contribution is 0.0963. The number of amides is 1. The van der Waals surface area contributed by atoms with Crippen molar-refractivity contribution in [3.05, 3.63) is 60.3 Å². The third-order valence-corrected chi connectivity index (χ3v) is 5.38. The van der Waals surface area contributed by atoms with E-state index in [1.807, 2.05) is 60.6 Å². The molecule has 0 radical (unpaired) electrons. The van der Waals surface area contributed by atoms with Gasteiger partial charge in [-0.25, -0.2) is 15.0 Å². The van der Waals surface area contributed by atoms with Gasteiger partial charge in [0, 0.05) is 48.4 Å². The second kappa shape index (κ2) is 7.26. The number of anilines is 3. The zero-order valence-electron chi connectivity index (χ0n) is 16.9. The van der Waals surface area contributed by atoms with E-state index in [0.717, 1.165) is 46.2 Å². The highest BCUT2D eigenvalue weighted by molar-refractivity contribution is 6.10. The van der Waals surface area contributed by atoms with Crippen molar-refractivity contribution in [1.82, 2.24) is 20.3 Å². The molecule has 2 N–H and O–H groups in total. The predicted octanol–water partition coefficient (Wildman–Crippen LogP) is 3.88. The average molecular weight is 398 g/mol. The number of hydrogen-bond acceptors (Lipinski definition) is 6. The van der Waals surface area contributed by atoms with E-state index in [4.69, 9.17) is 9.97 Å². The van der Waals surface area contributed by atoms with Crippen LogP contribution in [0.4, 0.5) is 17.5 Å². The lowest BCUT2D eigenvalue weighted by atomic mass is 10.1. The van der Waals surface area contributed by atoms with Crippen molar-refractivity contribution >= 4 is 45.2 Å². The Hall–Kier alpha value is -3.74. The molecule has 2 aromatic heterocycles. The minimum Gasteiger partial charge on any atom is -0.355 e. The molecule has 5 rings (SSSR count). The minimum atomic E-state index is -0.142. The Morgan fingerprint density at radius 1 is 1.07 bits per heavy atom. The second-order valence-corrected chi connectivity index (χ2v) is 7.52. The highest BCUT2D eigenvalue weighted by Crippen LogP contribution is 2.34. The number of benzene rings is 2. The molecular formula is C23H22N6O. The fraction of sp³-hybridized carbons (Fsp3) is 0.217. The molecule has 1 fully saturated rings. The van der Waals surface area contributed by atoms with Gasteiger partial charge >= 0.3 is 0 Å². The van der Waals surface area contributed by atoms with Crippen LogP contribution >= 0.6 is 0 Å². The van der Waals surface area contributed by atoms with E-state index in [1.165, 1.54) is 0 Å². The summed E-state index contributed by atoms with van der Waals surface area (Å²) >= 11 is 0. The quantitative estimate of drug-likeness (QED) is 0.497. The molecule has 1 aliphatic rings. The van der Waals surface area contributed by atoms with Crippen LogP contribution in [0.1, 0.15) is 23.2 Å². The molecule has 0 atom stereocenters. The highest BCUT2D eigenvalue weighted by atomic mass is 16.1. The van der Waals surface area contributed by atoms with E-state index in [9.17, 15) is 4.79 Å². The molecule has 7 nitrogen and oxygen atoms in total. The van der Waals surface area contributed by atoms with Gasteiger partial charge in [-0.05, 0) is 37.1 Å². The zero-order chi connectivity index (χ0) is 20.7. The number of aromatic nitrogens is 3. The highest BCUT2D eigenvalue weighted by Gasteiger charge is 2.23. The summed E-state index contributed by atoms with van der Waals surface area (Å²) in [5.41, 5.74) is 3.08. The number of nitrogens with zero attached hydrogens (tertiary/aromatic N) is 4. The Labute approximate surface area is 174 Å². The largest absolute Gasteiger partial charge is 0.355 e. The van der Waals surface area contributed by atoms with Crippen LogP contribution in [0.3, 0.4) is 0 Å². The van der Waals surface area contributed by atoms with Crippen LogP contribution in [0.2, 0.25) is 0 Å². The van der Waals surface area contributed by atoms with Crippen LogP contribution in [0.25, 0.3) is 21.8 Å². The molecule has 4 aromatic rings. The third-order valence-electron chi connectivity index (χ3n) is 5.38. The van der Waals surface area contributed by atoms with Gasteiger partial charge in [-0.15, -0.1) is 0 Å². The van der Waals surface area contributed by atoms with Crippen LogP contribution in [-0.4, -0.2) is 41.0 Å². The standard InChI is InChI=1S/C23H22N6O/c1-24-22(30)14-8-11-17-18-13-25-23(26-15-9-10-15)28-20(18)21(27-19(17)12-14)29(2)16-6-4-3-5-7-16/h3-8,11-13,15H,9-10H2,1-2H3,(H,24,30)(H,25,26,28). The molecule has 2 heterocycles. The number of para-hydroxylation sites is 1. The second-order valence-electron chi connectivity index (χ2n) is 7.52. The fourth-order valence-corrected chi connectivity index (χ4v) is 3.54. The molecule has 0 bridgehead atoms. The van der Waals surface area contributed by atoms with Crippen molar-refractivity contribution in [2.45, 2.75) is 18.9 Å². The zero-order valence-corrected chi connectivity index (χ0v) is 16.9. The lowest BCUT2D eigenvalue weighted by Gasteiger charge is -2.21. The summed E-state index contributed by atoms with van der Waals surface area (Å²) in [4.78, 5) is 28.4. The minimum absolute atomic E-state index is 0.142. The molecule has 1 saturated carbocycles. The molecule has 2 aromatic carbocycles. The Balaban J connectivity index is 1.74. The first-order chi connectivity index (χ1) is 14.6. The molecule has 7 heteroatoms. The molecule has 1 aliphatic carbocycles. The van der Waals surface area contributed by atoms with Crippen LogP contribution in [0, 0.1) is 0 Å². The van der Waals surface area contributed by atoms with Crippen LogP contribution in [0.5, 0.6) is 0 Å². The molecule has 0 unspecified atom stereocenters. The maximum Gasteiger partial charge on any atom is 0.251 e. The first-order valence-electron chi connectivity index (χ1n) is 10.0. The monoisotopic (exact) mass is 398 g/mol. The van der Waals surface area contributed by atoms with Crippen LogP contribution < -0.4 is 15.5 Å². The molecular weight excluding hydrogens is 376 g/mol. The SMILES string of the molecule is CNC(=O)c1ccc2c(c1)nc(N(C)c1ccccc1)c1nc(NC3CC3)ncc12. The number of hydrogen-bond donors (Lipinski definition) is 2. The molecule has 150 valence electrons. The molecule has 1 amide bonds. The molecule has 0 saturated heterocycles. The summed E-state index contributed by atoms with van der Waals surface area (Å²) in [5, 5.41) is 7.86. The summed E-state index contributed by atoms with van der Waals surface area (Å²) in [7, 11) is 3.60. The number of carbonyl (C=O) groups is 1. The first kappa shape index (κ1) is 18.3. The predicted molar refractivity (Wildman–Crippen MR) is 119 cm³/mol. The van der Waals surface area contributed by atoms with Crippen molar-refractivity contribution in [3.8, 4) is 0 Å². The number of nitrogens with one attached hydrogen (secondary N) is 2. The molecule has 0 aliphatic heterocycles. The van der Waals surface area contributed by atoms with Gasteiger partial charge < -0.3 is 15.5 Å². The first-order valence-corrected chi connectivity index (χ1v) is 10.0. The van der Waals surface area contributed by atoms with Gasteiger partial charge in [-0.1, -0.05) is 24.3 Å². The summed E-state index contributed by atoms with van der Waals surface area (Å²) in [6.45, 7) is 0. The van der Waals surface area contributed by atoms with E-state index in [-0.39, 0.29) is 5.91 Å². The normalized spacial score (nSPS) is 13.4. The topological polar surface area (TPSA) is 83.0 Å². The number of rotatable bonds is 5. The summed E-state index contributed by atoms with van der Waals surface area (Å²) in [5.74, 6) is 1.20. The van der Waals surface area contributed by atoms with Gasteiger partial charge in [0.1, 0.15) is 5.52 Å². The van der Waals surface area contributed by atoms with E-state index >= 15 is 0 Å². The van der Waals surface area contributed by atoms with Gasteiger partial charge in [0.25, 0.3) is 5.91 Å². The summed E-state index contributed by atoms with van der Waals surface area (Å²) < 4.78 is 0. The summed E-state index contributed by atoms with van der Waals surface area (Å²) in [6.07, 6.45) is 4.14. The van der Waals surface area contributed by atoms with E-state index in [2.05, 4.69) is 15.6 Å². The van der Waals surface area contributed by atoms with Gasteiger partial charge in [-0.2, -0.15) is 0 Å². The smallest absolute Gasteiger partial charge is 0.251 e. The maximum absolute atomic E-state index is 12.1. The Bertz CT molecular complexity index is 1250. The molecule has 0 spiro atoms. The van der Waals surface area contributed by atoms with Crippen molar-refractivity contribution in [1.29, 1.82) is 0 Å². The van der Waals surface area contributed by atoms with E-state index < -0.39 is 0 Å². The van der Waals surface area contributed by atoms with Crippen molar-refractivity contribution < 1.29 is 4.79 Å². The number of carbonyl (C=O) groups excluding carboxylic acids is 1. The van der Waals surface area contributed by atoms with Gasteiger partial charge in [0.15, 0.2) is 5.82 Å². The molecule has 30 heavy (non-hydrogen) atoms. The summed E-state index contributed by atoms with van der Waals surface area (Å²) in [6, 6.07) is 16.0. The van der Waals surface area contributed by atoms with Gasteiger partial charge in [0.2, 0.25) is 5.95 Å². The van der Waals surface area contributed by atoms with Crippen LogP contribution in [0.15, 0.2) is 54.7 Å². The lowest BCUT2D eigenvalue weighted by Crippen LogP contribution is -2.18. The van der Waals surface area contributed by atoms with Crippen LogP contribution in [-0.2, 0) is 0 Å². The van der Waals surface area contributed by atoms with E-state index in [0.29, 0.717) is 17.6 Å². The van der Waals surface area contributed by atoms with E-state index in [1.54, 1.807) is 13.1 Å². The number of fused-ring (bicyclic) bond motifs is 3. The average Bonchev–Trinajstić information content (AvgIpc) is 3.61. The third kappa shape index (κ3) is 3.28. The maximum atomic E-state index is 12.1. The Morgan fingerprint density at radius 3 is 2.60 bits per heavy atom. The van der Waals surface area contributed by atoms with Gasteiger partial charge in [-0.3, -0.25) is 4.79 Å². The van der Waals surface area contributed by atoms with Crippen molar-refractivity contribution in [3.63, 3.8) is 0 Å².